The Morgan fingerprint density at radius 2 is 2.05 bits per heavy atom. The molecule has 3 nitrogen and oxygen atoms in total. The topological polar surface area (TPSA) is 32.3 Å². The molecule has 0 unspecified atom stereocenters. The van der Waals surface area contributed by atoms with Crippen LogP contribution in [-0.4, -0.2) is 37.5 Å². The molecule has 0 spiro atoms. The van der Waals surface area contributed by atoms with Crippen molar-refractivity contribution in [3.8, 4) is 0 Å². The highest BCUT2D eigenvalue weighted by molar-refractivity contribution is 9.10. The van der Waals surface area contributed by atoms with E-state index in [1.165, 1.54) is 12.8 Å². The van der Waals surface area contributed by atoms with Gasteiger partial charge in [0.05, 0.1) is 6.42 Å². The smallest absolute Gasteiger partial charge is 0.226 e. The summed E-state index contributed by atoms with van der Waals surface area (Å²) in [6.45, 7) is 3.04. The first-order chi connectivity index (χ1) is 9.16. The van der Waals surface area contributed by atoms with Gasteiger partial charge in [-0.1, -0.05) is 34.1 Å². The van der Waals surface area contributed by atoms with E-state index in [0.717, 1.165) is 29.7 Å². The Bertz CT molecular complexity index is 430. The Hall–Kier alpha value is -0.870. The van der Waals surface area contributed by atoms with Crippen LogP contribution in [0.4, 0.5) is 0 Å². The molecular weight excluding hydrogens is 304 g/mol. The van der Waals surface area contributed by atoms with Gasteiger partial charge in [-0.25, -0.2) is 0 Å². The molecule has 4 heteroatoms. The van der Waals surface area contributed by atoms with Crippen LogP contribution in [0.15, 0.2) is 28.7 Å². The molecule has 1 heterocycles. The Kier molecular flexibility index (Phi) is 5.40. The Balaban J connectivity index is 1.87. The van der Waals surface area contributed by atoms with Crippen molar-refractivity contribution < 1.29 is 4.79 Å². The van der Waals surface area contributed by atoms with Crippen molar-refractivity contribution in [2.24, 2.45) is 5.92 Å². The van der Waals surface area contributed by atoms with E-state index in [-0.39, 0.29) is 5.91 Å². The van der Waals surface area contributed by atoms with Crippen LogP contribution in [0.1, 0.15) is 18.4 Å². The second-order valence-electron chi connectivity index (χ2n) is 5.24. The first-order valence-electron chi connectivity index (χ1n) is 6.85. The van der Waals surface area contributed by atoms with E-state index in [1.807, 2.05) is 36.2 Å². The van der Waals surface area contributed by atoms with Gasteiger partial charge in [0.15, 0.2) is 0 Å². The standard InChI is InChI=1S/C15H21BrN2O/c1-18(11-12-6-8-17-9-7-12)15(19)10-13-4-2-3-5-14(13)16/h2-5,12,17H,6-11H2,1H3. The van der Waals surface area contributed by atoms with Gasteiger partial charge in [0.2, 0.25) is 5.91 Å². The van der Waals surface area contributed by atoms with E-state index in [1.54, 1.807) is 0 Å². The van der Waals surface area contributed by atoms with Crippen LogP contribution in [0.25, 0.3) is 0 Å². The molecule has 104 valence electrons. The van der Waals surface area contributed by atoms with Crippen LogP contribution in [-0.2, 0) is 11.2 Å². The van der Waals surface area contributed by atoms with Gasteiger partial charge >= 0.3 is 0 Å². The lowest BCUT2D eigenvalue weighted by molar-refractivity contribution is -0.129. The molecule has 1 amide bonds. The zero-order valence-electron chi connectivity index (χ0n) is 11.4. The molecule has 0 aliphatic carbocycles. The lowest BCUT2D eigenvalue weighted by Crippen LogP contribution is -2.37. The number of amides is 1. The summed E-state index contributed by atoms with van der Waals surface area (Å²) in [5.74, 6) is 0.847. The van der Waals surface area contributed by atoms with E-state index in [0.29, 0.717) is 12.3 Å². The van der Waals surface area contributed by atoms with Gasteiger partial charge in [-0.15, -0.1) is 0 Å². The average Bonchev–Trinajstić information content (AvgIpc) is 2.42. The van der Waals surface area contributed by atoms with Crippen molar-refractivity contribution in [2.75, 3.05) is 26.7 Å². The van der Waals surface area contributed by atoms with Crippen LogP contribution in [0, 0.1) is 5.92 Å². The number of carbonyl (C=O) groups is 1. The zero-order valence-corrected chi connectivity index (χ0v) is 12.9. The van der Waals surface area contributed by atoms with Crippen LogP contribution in [0.2, 0.25) is 0 Å². The number of likely N-dealkylation sites (N-methyl/N-ethyl adjacent to an activating group) is 1. The van der Waals surface area contributed by atoms with Crippen molar-refractivity contribution in [1.82, 2.24) is 10.2 Å². The molecule has 19 heavy (non-hydrogen) atoms. The maximum atomic E-state index is 12.2. The van der Waals surface area contributed by atoms with Crippen LogP contribution in [0.3, 0.4) is 0 Å². The molecule has 1 aliphatic rings. The van der Waals surface area contributed by atoms with Gasteiger partial charge in [-0.2, -0.15) is 0 Å². The Labute approximate surface area is 123 Å². The van der Waals surface area contributed by atoms with E-state index < -0.39 is 0 Å². The third-order valence-electron chi connectivity index (χ3n) is 3.72. The van der Waals surface area contributed by atoms with Gasteiger partial charge in [-0.3, -0.25) is 4.79 Å². The summed E-state index contributed by atoms with van der Waals surface area (Å²) in [4.78, 5) is 14.1. The van der Waals surface area contributed by atoms with E-state index in [4.69, 9.17) is 0 Å². The molecule has 2 rings (SSSR count). The fourth-order valence-corrected chi connectivity index (χ4v) is 2.92. The summed E-state index contributed by atoms with van der Waals surface area (Å²) in [6.07, 6.45) is 2.82. The van der Waals surface area contributed by atoms with Gasteiger partial charge in [0, 0.05) is 18.1 Å². The summed E-state index contributed by atoms with van der Waals surface area (Å²) in [5, 5.41) is 3.35. The number of hydrogen-bond acceptors (Lipinski definition) is 2. The Morgan fingerprint density at radius 1 is 1.37 bits per heavy atom. The molecule has 1 N–H and O–H groups in total. The minimum Gasteiger partial charge on any atom is -0.345 e. The molecule has 0 atom stereocenters. The van der Waals surface area contributed by atoms with Crippen LogP contribution >= 0.6 is 15.9 Å². The Morgan fingerprint density at radius 3 is 2.74 bits per heavy atom. The van der Waals surface area contributed by atoms with Crippen molar-refractivity contribution in [3.63, 3.8) is 0 Å². The minimum atomic E-state index is 0.199. The summed E-state index contributed by atoms with van der Waals surface area (Å²) in [5.41, 5.74) is 1.06. The van der Waals surface area contributed by atoms with Gasteiger partial charge in [0.1, 0.15) is 0 Å². The molecule has 1 fully saturated rings. The number of piperidine rings is 1. The highest BCUT2D eigenvalue weighted by Gasteiger charge is 2.18. The molecular formula is C15H21BrN2O. The number of nitrogens with zero attached hydrogens (tertiary/aromatic N) is 1. The van der Waals surface area contributed by atoms with Gasteiger partial charge in [-0.05, 0) is 43.5 Å². The monoisotopic (exact) mass is 324 g/mol. The lowest BCUT2D eigenvalue weighted by atomic mass is 9.97. The molecule has 0 saturated carbocycles. The predicted octanol–water partition coefficient (Wildman–Crippen LogP) is 2.45. The molecule has 0 bridgehead atoms. The minimum absolute atomic E-state index is 0.199. The quantitative estimate of drug-likeness (QED) is 0.922. The fraction of sp³-hybridized carbons (Fsp3) is 0.533. The van der Waals surface area contributed by atoms with E-state index >= 15 is 0 Å². The first kappa shape index (κ1) is 14.5. The molecule has 0 aromatic heterocycles. The normalized spacial score (nSPS) is 16.3. The summed E-state index contributed by atoms with van der Waals surface area (Å²) in [6, 6.07) is 7.92. The predicted molar refractivity (Wildman–Crippen MR) is 81.1 cm³/mol. The number of nitrogens with one attached hydrogen (secondary N) is 1. The van der Waals surface area contributed by atoms with Crippen LogP contribution < -0.4 is 5.32 Å². The zero-order chi connectivity index (χ0) is 13.7. The summed E-state index contributed by atoms with van der Waals surface area (Å²) in [7, 11) is 1.92. The highest BCUT2D eigenvalue weighted by Crippen LogP contribution is 2.18. The maximum Gasteiger partial charge on any atom is 0.226 e. The van der Waals surface area contributed by atoms with Crippen molar-refractivity contribution in [2.45, 2.75) is 19.3 Å². The first-order valence-corrected chi connectivity index (χ1v) is 7.64. The molecule has 1 aromatic carbocycles. The molecule has 0 radical (unpaired) electrons. The number of benzene rings is 1. The molecule has 1 saturated heterocycles. The maximum absolute atomic E-state index is 12.2. The summed E-state index contributed by atoms with van der Waals surface area (Å²) < 4.78 is 1.01. The lowest BCUT2D eigenvalue weighted by Gasteiger charge is -2.27. The number of carbonyl (C=O) groups excluding carboxylic acids is 1. The van der Waals surface area contributed by atoms with Crippen molar-refractivity contribution >= 4 is 21.8 Å². The third-order valence-corrected chi connectivity index (χ3v) is 4.49. The fourth-order valence-electron chi connectivity index (χ4n) is 2.49. The van der Waals surface area contributed by atoms with Gasteiger partial charge < -0.3 is 10.2 Å². The molecule has 1 aliphatic heterocycles. The van der Waals surface area contributed by atoms with Gasteiger partial charge in [0.25, 0.3) is 0 Å². The van der Waals surface area contributed by atoms with E-state index in [9.17, 15) is 4.79 Å². The largest absolute Gasteiger partial charge is 0.345 e. The second kappa shape index (κ2) is 7.06. The average molecular weight is 325 g/mol. The summed E-state index contributed by atoms with van der Waals surface area (Å²) >= 11 is 3.49. The van der Waals surface area contributed by atoms with E-state index in [2.05, 4.69) is 21.2 Å². The highest BCUT2D eigenvalue weighted by atomic mass is 79.9. The number of rotatable bonds is 4. The van der Waals surface area contributed by atoms with Crippen molar-refractivity contribution in [3.05, 3.63) is 34.3 Å². The third kappa shape index (κ3) is 4.32. The number of halogens is 1. The molecule has 1 aromatic rings. The SMILES string of the molecule is CN(CC1CCNCC1)C(=O)Cc1ccccc1Br. The second-order valence-corrected chi connectivity index (χ2v) is 6.09. The van der Waals surface area contributed by atoms with Crippen LogP contribution in [0.5, 0.6) is 0 Å². The van der Waals surface area contributed by atoms with Crippen molar-refractivity contribution in [1.29, 1.82) is 0 Å². The number of hydrogen-bond donors (Lipinski definition) is 1.